The van der Waals surface area contributed by atoms with Crippen LogP contribution in [0, 0.1) is 0 Å². The third kappa shape index (κ3) is 3.51. The van der Waals surface area contributed by atoms with Crippen molar-refractivity contribution in [2.45, 2.75) is 57.4 Å². The molecule has 0 atom stereocenters. The number of methoxy groups -OCH3 is 1. The van der Waals surface area contributed by atoms with E-state index < -0.39 is 11.6 Å². The monoisotopic (exact) mass is 227 g/mol. The van der Waals surface area contributed by atoms with Gasteiger partial charge in [0.15, 0.2) is 5.78 Å². The number of ketones is 1. The Kier molecular flexibility index (Phi) is 4.77. The van der Waals surface area contributed by atoms with Gasteiger partial charge in [0.2, 0.25) is 0 Å². The van der Waals surface area contributed by atoms with Gasteiger partial charge in [0.25, 0.3) is 0 Å². The molecule has 0 spiro atoms. The van der Waals surface area contributed by atoms with E-state index in [2.05, 4.69) is 17.0 Å². The number of amides is 1. The highest BCUT2D eigenvalue weighted by molar-refractivity contribution is 5.94. The summed E-state index contributed by atoms with van der Waals surface area (Å²) in [6.45, 7) is 2.14. The topological polar surface area (TPSA) is 55.4 Å². The first kappa shape index (κ1) is 13.0. The van der Waals surface area contributed by atoms with Crippen molar-refractivity contribution in [3.05, 3.63) is 0 Å². The number of nitrogens with one attached hydrogen (secondary N) is 1. The second-order valence-corrected chi connectivity index (χ2v) is 4.43. The lowest BCUT2D eigenvalue weighted by Crippen LogP contribution is -2.43. The minimum atomic E-state index is -0.584. The Morgan fingerprint density at radius 3 is 2.44 bits per heavy atom. The number of rotatable bonds is 7. The molecule has 0 bridgehead atoms. The van der Waals surface area contributed by atoms with Crippen LogP contribution in [0.4, 0.5) is 4.79 Å². The molecule has 0 aliphatic heterocycles. The van der Waals surface area contributed by atoms with E-state index in [0.717, 1.165) is 25.7 Å². The molecule has 1 aliphatic rings. The van der Waals surface area contributed by atoms with Gasteiger partial charge in [-0.1, -0.05) is 26.2 Å². The summed E-state index contributed by atoms with van der Waals surface area (Å²) < 4.78 is 4.52. The fourth-order valence-corrected chi connectivity index (χ4v) is 1.80. The zero-order chi connectivity index (χ0) is 12.0. The van der Waals surface area contributed by atoms with Gasteiger partial charge in [0.1, 0.15) is 5.54 Å². The third-order valence-corrected chi connectivity index (χ3v) is 3.07. The maximum Gasteiger partial charge on any atom is 0.407 e. The lowest BCUT2D eigenvalue weighted by Gasteiger charge is -2.14. The Morgan fingerprint density at radius 1 is 1.25 bits per heavy atom. The summed E-state index contributed by atoms with van der Waals surface area (Å²) in [7, 11) is 1.32. The molecule has 0 aromatic heterocycles. The van der Waals surface area contributed by atoms with Crippen LogP contribution in [-0.4, -0.2) is 24.5 Å². The summed E-state index contributed by atoms with van der Waals surface area (Å²) in [5.41, 5.74) is -0.584. The van der Waals surface area contributed by atoms with E-state index in [1.54, 1.807) is 0 Å². The zero-order valence-corrected chi connectivity index (χ0v) is 10.2. The number of unbranched alkanes of at least 4 members (excludes halogenated alkanes) is 3. The normalized spacial score (nSPS) is 16.6. The molecule has 0 unspecified atom stereocenters. The summed E-state index contributed by atoms with van der Waals surface area (Å²) >= 11 is 0. The number of carbonyl (C=O) groups is 2. The first-order valence-corrected chi connectivity index (χ1v) is 6.04. The maximum absolute atomic E-state index is 11.9. The number of carbonyl (C=O) groups excluding carboxylic acids is 2. The number of hydrogen-bond acceptors (Lipinski definition) is 3. The van der Waals surface area contributed by atoms with Crippen molar-refractivity contribution in [3.8, 4) is 0 Å². The lowest BCUT2D eigenvalue weighted by molar-refractivity contribution is -0.122. The molecule has 1 N–H and O–H groups in total. The van der Waals surface area contributed by atoms with Crippen molar-refractivity contribution in [3.63, 3.8) is 0 Å². The van der Waals surface area contributed by atoms with E-state index in [1.165, 1.54) is 20.0 Å². The van der Waals surface area contributed by atoms with Crippen LogP contribution in [0.2, 0.25) is 0 Å². The quantitative estimate of drug-likeness (QED) is 0.679. The summed E-state index contributed by atoms with van der Waals surface area (Å²) in [5, 5.41) is 2.65. The maximum atomic E-state index is 11.9. The number of Topliss-reactive ketones (excluding diaryl/α,β-unsaturated/α-hetero) is 1. The molecule has 0 aromatic carbocycles. The van der Waals surface area contributed by atoms with Crippen molar-refractivity contribution in [1.82, 2.24) is 5.32 Å². The van der Waals surface area contributed by atoms with Gasteiger partial charge < -0.3 is 10.1 Å². The van der Waals surface area contributed by atoms with E-state index in [-0.39, 0.29) is 5.78 Å². The van der Waals surface area contributed by atoms with Crippen molar-refractivity contribution < 1.29 is 14.3 Å². The van der Waals surface area contributed by atoms with E-state index in [4.69, 9.17) is 0 Å². The van der Waals surface area contributed by atoms with E-state index >= 15 is 0 Å². The minimum absolute atomic E-state index is 0.161. The highest BCUT2D eigenvalue weighted by Crippen LogP contribution is 2.37. The van der Waals surface area contributed by atoms with E-state index in [1.807, 2.05) is 0 Å². The Morgan fingerprint density at radius 2 is 1.94 bits per heavy atom. The van der Waals surface area contributed by atoms with Gasteiger partial charge in [0.05, 0.1) is 7.11 Å². The molecule has 1 saturated carbocycles. The highest BCUT2D eigenvalue weighted by atomic mass is 16.5. The van der Waals surface area contributed by atoms with Crippen molar-refractivity contribution in [1.29, 1.82) is 0 Å². The molecule has 0 radical (unpaired) electrons. The summed E-state index contributed by atoms with van der Waals surface area (Å²) in [6, 6.07) is 0. The smallest absolute Gasteiger partial charge is 0.407 e. The van der Waals surface area contributed by atoms with Gasteiger partial charge in [-0.3, -0.25) is 4.79 Å². The Bertz CT molecular complexity index is 259. The fraction of sp³-hybridized carbons (Fsp3) is 0.833. The van der Waals surface area contributed by atoms with Crippen molar-refractivity contribution >= 4 is 11.9 Å². The molecular weight excluding hydrogens is 206 g/mol. The SMILES string of the molecule is CCCCCCC(=O)C1(NC(=O)OC)CC1. The molecule has 1 amide bonds. The van der Waals surface area contributed by atoms with Crippen LogP contribution in [0.15, 0.2) is 0 Å². The first-order chi connectivity index (χ1) is 7.64. The van der Waals surface area contributed by atoms with E-state index in [0.29, 0.717) is 6.42 Å². The Labute approximate surface area is 96.7 Å². The van der Waals surface area contributed by atoms with Crippen LogP contribution >= 0.6 is 0 Å². The first-order valence-electron chi connectivity index (χ1n) is 6.04. The molecule has 4 nitrogen and oxygen atoms in total. The molecule has 0 heterocycles. The van der Waals surface area contributed by atoms with Crippen LogP contribution in [0.1, 0.15) is 51.9 Å². The largest absolute Gasteiger partial charge is 0.453 e. The summed E-state index contributed by atoms with van der Waals surface area (Å²) in [5.74, 6) is 0.161. The molecule has 0 aromatic rings. The third-order valence-electron chi connectivity index (χ3n) is 3.07. The summed E-state index contributed by atoms with van der Waals surface area (Å²) in [4.78, 5) is 22.9. The average molecular weight is 227 g/mol. The van der Waals surface area contributed by atoms with Gasteiger partial charge in [-0.2, -0.15) is 0 Å². The summed E-state index contributed by atoms with van der Waals surface area (Å²) in [6.07, 6.45) is 5.95. The van der Waals surface area contributed by atoms with Crippen LogP contribution in [0.25, 0.3) is 0 Å². The highest BCUT2D eigenvalue weighted by Gasteiger charge is 2.50. The van der Waals surface area contributed by atoms with Crippen LogP contribution in [-0.2, 0) is 9.53 Å². The lowest BCUT2D eigenvalue weighted by atomic mass is 10.0. The van der Waals surface area contributed by atoms with Gasteiger partial charge in [0, 0.05) is 6.42 Å². The van der Waals surface area contributed by atoms with Gasteiger partial charge in [-0.25, -0.2) is 4.79 Å². The van der Waals surface area contributed by atoms with Crippen LogP contribution < -0.4 is 5.32 Å². The molecule has 1 aliphatic carbocycles. The molecule has 92 valence electrons. The van der Waals surface area contributed by atoms with E-state index in [9.17, 15) is 9.59 Å². The number of ether oxygens (including phenoxy) is 1. The Hall–Kier alpha value is -1.06. The van der Waals surface area contributed by atoms with Crippen LogP contribution in [0.5, 0.6) is 0 Å². The molecule has 1 fully saturated rings. The predicted octanol–water partition coefficient (Wildman–Crippen LogP) is 2.41. The van der Waals surface area contributed by atoms with Crippen molar-refractivity contribution in [2.75, 3.05) is 7.11 Å². The predicted molar refractivity (Wildman–Crippen MR) is 61.3 cm³/mol. The fourth-order valence-electron chi connectivity index (χ4n) is 1.80. The minimum Gasteiger partial charge on any atom is -0.453 e. The van der Waals surface area contributed by atoms with Gasteiger partial charge in [-0.15, -0.1) is 0 Å². The number of hydrogen-bond donors (Lipinski definition) is 1. The molecule has 16 heavy (non-hydrogen) atoms. The standard InChI is InChI=1S/C12H21NO3/c1-3-4-5-6-7-10(14)12(8-9-12)13-11(15)16-2/h3-9H2,1-2H3,(H,13,15). The second kappa shape index (κ2) is 5.87. The Balaban J connectivity index is 2.27. The van der Waals surface area contributed by atoms with Crippen molar-refractivity contribution in [2.24, 2.45) is 0 Å². The number of alkyl carbamates (subject to hydrolysis) is 1. The second-order valence-electron chi connectivity index (χ2n) is 4.43. The molecule has 1 rings (SSSR count). The van der Waals surface area contributed by atoms with Gasteiger partial charge >= 0.3 is 6.09 Å². The molecule has 4 heteroatoms. The van der Waals surface area contributed by atoms with Gasteiger partial charge in [-0.05, 0) is 19.3 Å². The average Bonchev–Trinajstić information content (AvgIpc) is 3.05. The molecular formula is C12H21NO3. The molecule has 0 saturated heterocycles. The zero-order valence-electron chi connectivity index (χ0n) is 10.2. The van der Waals surface area contributed by atoms with Crippen LogP contribution in [0.3, 0.4) is 0 Å².